The number of non-ortho nitro benzene ring substituents is 1. The van der Waals surface area contributed by atoms with E-state index in [1.165, 1.54) is 0 Å². The maximum absolute atomic E-state index is 11.0. The zero-order valence-corrected chi connectivity index (χ0v) is 16.2. The minimum atomic E-state index is -0.380. The van der Waals surface area contributed by atoms with Crippen LogP contribution < -0.4 is 5.32 Å². The Morgan fingerprint density at radius 1 is 1.14 bits per heavy atom. The molecule has 1 aliphatic rings. The summed E-state index contributed by atoms with van der Waals surface area (Å²) in [4.78, 5) is 12.8. The van der Waals surface area contributed by atoms with E-state index in [-0.39, 0.29) is 16.7 Å². The molecule has 3 aromatic rings. The van der Waals surface area contributed by atoms with Crippen LogP contribution in [0.25, 0.3) is 0 Å². The van der Waals surface area contributed by atoms with Crippen LogP contribution in [0.3, 0.4) is 0 Å². The van der Waals surface area contributed by atoms with Crippen LogP contribution in [0.1, 0.15) is 22.9 Å². The Hall–Kier alpha value is -3.19. The summed E-state index contributed by atoms with van der Waals surface area (Å²) >= 11 is 5.74. The number of anilines is 1. The van der Waals surface area contributed by atoms with Gasteiger partial charge in [-0.3, -0.25) is 10.1 Å². The van der Waals surface area contributed by atoms with E-state index >= 15 is 0 Å². The number of fused-ring (bicyclic) bond motifs is 1. The minimum absolute atomic E-state index is 0.0851. The Labute approximate surface area is 168 Å². The lowest BCUT2D eigenvalue weighted by Gasteiger charge is -2.39. The van der Waals surface area contributed by atoms with Crippen LogP contribution in [-0.2, 0) is 6.54 Å². The number of nitro groups is 1. The van der Waals surface area contributed by atoms with Gasteiger partial charge in [0.25, 0.3) is 5.69 Å². The average Bonchev–Trinajstić information content (AvgIpc) is 3.16. The van der Waals surface area contributed by atoms with Crippen LogP contribution in [0, 0.1) is 17.0 Å². The lowest BCUT2D eigenvalue weighted by molar-refractivity contribution is -0.384. The molecule has 2 heterocycles. The van der Waals surface area contributed by atoms with Crippen molar-refractivity contribution in [3.8, 4) is 0 Å². The van der Waals surface area contributed by atoms with Gasteiger partial charge >= 0.3 is 0 Å². The number of nitrogens with zero attached hydrogens (tertiary/aromatic N) is 3. The summed E-state index contributed by atoms with van der Waals surface area (Å²) in [7, 11) is 0. The molecule has 0 amide bonds. The first kappa shape index (κ1) is 18.2. The van der Waals surface area contributed by atoms with Gasteiger partial charge in [-0.05, 0) is 66.7 Å². The number of hydrogen-bond donors (Lipinski definition) is 1. The van der Waals surface area contributed by atoms with Gasteiger partial charge in [-0.2, -0.15) is 0 Å². The highest BCUT2D eigenvalue weighted by Crippen LogP contribution is 2.33. The second kappa shape index (κ2) is 7.44. The molecular weight excluding hydrogens is 372 g/mol. The van der Waals surface area contributed by atoms with E-state index in [2.05, 4.69) is 33.1 Å². The van der Waals surface area contributed by atoms with E-state index < -0.39 is 0 Å². The zero-order chi connectivity index (χ0) is 19.7. The van der Waals surface area contributed by atoms with Gasteiger partial charge in [0, 0.05) is 42.8 Å². The molecule has 7 heteroatoms. The van der Waals surface area contributed by atoms with Crippen LogP contribution in [0.5, 0.6) is 0 Å². The molecule has 0 saturated heterocycles. The summed E-state index contributed by atoms with van der Waals surface area (Å²) in [5, 5.41) is 15.0. The van der Waals surface area contributed by atoms with E-state index in [4.69, 9.17) is 12.2 Å². The number of benzene rings is 2. The van der Waals surface area contributed by atoms with Crippen molar-refractivity contribution in [1.82, 2.24) is 9.47 Å². The molecule has 1 aromatic heterocycles. The van der Waals surface area contributed by atoms with Crippen LogP contribution in [0.4, 0.5) is 11.4 Å². The van der Waals surface area contributed by atoms with Crippen molar-refractivity contribution in [1.29, 1.82) is 0 Å². The summed E-state index contributed by atoms with van der Waals surface area (Å²) in [6.45, 7) is 3.63. The number of aromatic nitrogens is 1. The van der Waals surface area contributed by atoms with Crippen LogP contribution >= 0.6 is 12.2 Å². The molecule has 1 N–H and O–H groups in total. The van der Waals surface area contributed by atoms with E-state index in [9.17, 15) is 10.1 Å². The highest BCUT2D eigenvalue weighted by molar-refractivity contribution is 7.80. The highest BCUT2D eigenvalue weighted by atomic mass is 32.1. The lowest BCUT2D eigenvalue weighted by Crippen LogP contribution is -2.44. The van der Waals surface area contributed by atoms with Gasteiger partial charge in [0.2, 0.25) is 0 Å². The van der Waals surface area contributed by atoms with Crippen molar-refractivity contribution >= 4 is 28.7 Å². The zero-order valence-electron chi connectivity index (χ0n) is 15.4. The normalized spacial score (nSPS) is 15.8. The summed E-state index contributed by atoms with van der Waals surface area (Å²) in [5.74, 6) is 0. The van der Waals surface area contributed by atoms with Gasteiger partial charge in [0.1, 0.15) is 0 Å². The number of nitro benzene ring substituents is 1. The molecule has 2 aromatic carbocycles. The van der Waals surface area contributed by atoms with Gasteiger partial charge < -0.3 is 14.8 Å². The third-order valence-electron chi connectivity index (χ3n) is 4.99. The number of nitrogens with one attached hydrogen (secondary N) is 1. The molecule has 0 aliphatic carbocycles. The Morgan fingerprint density at radius 3 is 2.64 bits per heavy atom. The molecule has 1 aliphatic heterocycles. The lowest BCUT2D eigenvalue weighted by atomic mass is 10.00. The molecule has 0 fully saturated rings. The minimum Gasteiger partial charge on any atom is -0.348 e. The quantitative estimate of drug-likeness (QED) is 0.404. The SMILES string of the molecule is Cc1cccc(NC(=S)N2CCn3cccc3[C@H]2c2ccc([N+](=O)[O-])cc2)c1. The molecule has 142 valence electrons. The van der Waals surface area contributed by atoms with Gasteiger partial charge in [0.15, 0.2) is 5.11 Å². The molecule has 0 radical (unpaired) electrons. The largest absolute Gasteiger partial charge is 0.348 e. The van der Waals surface area contributed by atoms with Crippen molar-refractivity contribution in [2.24, 2.45) is 0 Å². The van der Waals surface area contributed by atoms with Crippen molar-refractivity contribution in [3.05, 3.63) is 93.8 Å². The van der Waals surface area contributed by atoms with Crippen molar-refractivity contribution in [2.75, 3.05) is 11.9 Å². The monoisotopic (exact) mass is 392 g/mol. The average molecular weight is 392 g/mol. The smallest absolute Gasteiger partial charge is 0.269 e. The molecule has 6 nitrogen and oxygen atoms in total. The van der Waals surface area contributed by atoms with Crippen molar-refractivity contribution in [2.45, 2.75) is 19.5 Å². The van der Waals surface area contributed by atoms with Crippen molar-refractivity contribution in [3.63, 3.8) is 0 Å². The summed E-state index contributed by atoms with van der Waals surface area (Å²) in [5.41, 5.74) is 4.29. The van der Waals surface area contributed by atoms with Gasteiger partial charge in [0.05, 0.1) is 11.0 Å². The second-order valence-electron chi connectivity index (χ2n) is 6.87. The van der Waals surface area contributed by atoms with Gasteiger partial charge in [-0.25, -0.2) is 0 Å². The predicted octanol–water partition coefficient (Wildman–Crippen LogP) is 4.51. The molecule has 0 unspecified atom stereocenters. The molecule has 0 spiro atoms. The van der Waals surface area contributed by atoms with E-state index in [0.717, 1.165) is 35.6 Å². The first-order valence-electron chi connectivity index (χ1n) is 9.06. The highest BCUT2D eigenvalue weighted by Gasteiger charge is 2.30. The maximum Gasteiger partial charge on any atom is 0.269 e. The molecular formula is C21H20N4O2S. The topological polar surface area (TPSA) is 63.3 Å². The fourth-order valence-corrected chi connectivity index (χ4v) is 3.96. The predicted molar refractivity (Wildman–Crippen MR) is 113 cm³/mol. The van der Waals surface area contributed by atoms with Crippen LogP contribution in [-0.4, -0.2) is 26.0 Å². The first-order chi connectivity index (χ1) is 13.5. The maximum atomic E-state index is 11.0. The fourth-order valence-electron chi connectivity index (χ4n) is 3.65. The number of thiocarbonyl (C=S) groups is 1. The fraction of sp³-hybridized carbons (Fsp3) is 0.190. The Morgan fingerprint density at radius 2 is 1.93 bits per heavy atom. The Kier molecular flexibility index (Phi) is 4.83. The summed E-state index contributed by atoms with van der Waals surface area (Å²) in [6, 6.07) is 18.8. The third kappa shape index (κ3) is 3.48. The van der Waals surface area contributed by atoms with Crippen molar-refractivity contribution < 1.29 is 4.92 Å². The number of aryl methyl sites for hydroxylation is 1. The second-order valence-corrected chi connectivity index (χ2v) is 7.26. The number of rotatable bonds is 3. The number of hydrogen-bond acceptors (Lipinski definition) is 3. The first-order valence-corrected chi connectivity index (χ1v) is 9.47. The molecule has 0 bridgehead atoms. The van der Waals surface area contributed by atoms with Gasteiger partial charge in [-0.15, -0.1) is 0 Å². The molecule has 4 rings (SSSR count). The van der Waals surface area contributed by atoms with Crippen LogP contribution in [0.2, 0.25) is 0 Å². The molecule has 0 saturated carbocycles. The van der Waals surface area contributed by atoms with Crippen LogP contribution in [0.15, 0.2) is 66.9 Å². The van der Waals surface area contributed by atoms with Gasteiger partial charge in [-0.1, -0.05) is 12.1 Å². The Bertz CT molecular complexity index is 1030. The molecule has 28 heavy (non-hydrogen) atoms. The van der Waals surface area contributed by atoms with E-state index in [0.29, 0.717) is 5.11 Å². The van der Waals surface area contributed by atoms with E-state index in [1.807, 2.05) is 43.3 Å². The Balaban J connectivity index is 1.67. The summed E-state index contributed by atoms with van der Waals surface area (Å²) < 4.78 is 2.21. The standard InChI is InChI=1S/C21H20N4O2S/c1-15-4-2-5-17(14-15)22-21(28)24-13-12-23-11-3-6-19(23)20(24)16-7-9-18(10-8-16)25(26)27/h2-11,14,20H,12-13H2,1H3,(H,22,28)/t20-/m1/s1. The molecule has 1 atom stereocenters. The summed E-state index contributed by atoms with van der Waals surface area (Å²) in [6.07, 6.45) is 2.06. The third-order valence-corrected chi connectivity index (χ3v) is 5.32. The van der Waals surface area contributed by atoms with E-state index in [1.54, 1.807) is 12.1 Å².